The van der Waals surface area contributed by atoms with Crippen LogP contribution in [0.5, 0.6) is 0 Å². The molecule has 0 atom stereocenters. The molecule has 2 aromatic carbocycles. The van der Waals surface area contributed by atoms with Crippen LogP contribution in [0.2, 0.25) is 10.0 Å². The Labute approximate surface area is 146 Å². The maximum absolute atomic E-state index is 12.3. The summed E-state index contributed by atoms with van der Waals surface area (Å²) in [5.41, 5.74) is 0.459. The van der Waals surface area contributed by atoms with Crippen LogP contribution in [0.15, 0.2) is 48.5 Å². The smallest absolute Gasteiger partial charge is 0.244 e. The third-order valence-corrected chi connectivity index (χ3v) is 3.78. The first-order chi connectivity index (χ1) is 11.6. The van der Waals surface area contributed by atoms with Crippen LogP contribution < -0.4 is 0 Å². The standard InChI is InChI=1S/C16H8Cl2N4O2/c17-11-7-3-1-5-9(11)13(23)15-19-21-16(22-20-15)14(24)10-6-2-4-8-12(10)18/h1-8H. The summed E-state index contributed by atoms with van der Waals surface area (Å²) in [6.07, 6.45) is 0. The van der Waals surface area contributed by atoms with E-state index in [1.165, 1.54) is 12.1 Å². The minimum absolute atomic E-state index is 0.230. The molecule has 0 N–H and O–H groups in total. The zero-order chi connectivity index (χ0) is 17.1. The van der Waals surface area contributed by atoms with Gasteiger partial charge in [0.2, 0.25) is 23.2 Å². The van der Waals surface area contributed by atoms with Gasteiger partial charge in [0, 0.05) is 11.1 Å². The van der Waals surface area contributed by atoms with Gasteiger partial charge in [-0.3, -0.25) is 9.59 Å². The van der Waals surface area contributed by atoms with Gasteiger partial charge in [-0.05, 0) is 24.3 Å². The number of hydrogen-bond acceptors (Lipinski definition) is 6. The Bertz CT molecular complexity index is 853. The lowest BCUT2D eigenvalue weighted by Gasteiger charge is -2.02. The Balaban J connectivity index is 1.89. The molecule has 0 unspecified atom stereocenters. The quantitative estimate of drug-likeness (QED) is 0.666. The summed E-state index contributed by atoms with van der Waals surface area (Å²) in [6.45, 7) is 0. The van der Waals surface area contributed by atoms with Gasteiger partial charge in [0.05, 0.1) is 10.0 Å². The molecule has 8 heteroatoms. The fourth-order valence-corrected chi connectivity index (χ4v) is 2.39. The van der Waals surface area contributed by atoms with E-state index in [1.807, 2.05) is 0 Å². The molecular formula is C16H8Cl2N4O2. The van der Waals surface area contributed by atoms with Crippen molar-refractivity contribution in [2.45, 2.75) is 0 Å². The number of nitrogens with zero attached hydrogens (tertiary/aromatic N) is 4. The van der Waals surface area contributed by atoms with Crippen molar-refractivity contribution in [3.63, 3.8) is 0 Å². The maximum atomic E-state index is 12.3. The summed E-state index contributed by atoms with van der Waals surface area (Å²) in [5, 5.41) is 15.2. The molecule has 0 saturated heterocycles. The number of rotatable bonds is 4. The molecule has 6 nitrogen and oxygen atoms in total. The van der Waals surface area contributed by atoms with Gasteiger partial charge < -0.3 is 0 Å². The van der Waals surface area contributed by atoms with E-state index in [2.05, 4.69) is 20.4 Å². The molecule has 118 valence electrons. The second-order valence-corrected chi connectivity index (χ2v) is 5.48. The van der Waals surface area contributed by atoms with Crippen LogP contribution in [-0.2, 0) is 0 Å². The van der Waals surface area contributed by atoms with Crippen molar-refractivity contribution >= 4 is 34.8 Å². The lowest BCUT2D eigenvalue weighted by atomic mass is 10.1. The fourth-order valence-electron chi connectivity index (χ4n) is 1.94. The second-order valence-electron chi connectivity index (χ2n) is 4.67. The van der Waals surface area contributed by atoms with Crippen molar-refractivity contribution in [2.75, 3.05) is 0 Å². The van der Waals surface area contributed by atoms with Gasteiger partial charge in [0.1, 0.15) is 0 Å². The molecule has 0 fully saturated rings. The molecule has 0 aliphatic heterocycles. The second kappa shape index (κ2) is 6.82. The summed E-state index contributed by atoms with van der Waals surface area (Å²) in [4.78, 5) is 24.6. The predicted molar refractivity (Wildman–Crippen MR) is 87.4 cm³/mol. The number of aromatic nitrogens is 4. The first-order valence-electron chi connectivity index (χ1n) is 6.74. The van der Waals surface area contributed by atoms with Crippen LogP contribution >= 0.6 is 23.2 Å². The minimum Gasteiger partial charge on any atom is -0.285 e. The molecular weight excluding hydrogens is 351 g/mol. The van der Waals surface area contributed by atoms with E-state index in [1.54, 1.807) is 36.4 Å². The predicted octanol–water partition coefficient (Wildman–Crippen LogP) is 3.04. The van der Waals surface area contributed by atoms with Crippen molar-refractivity contribution in [3.8, 4) is 0 Å². The highest BCUT2D eigenvalue weighted by Crippen LogP contribution is 2.18. The van der Waals surface area contributed by atoms with Gasteiger partial charge in [-0.25, -0.2) is 0 Å². The number of hydrogen-bond donors (Lipinski definition) is 0. The Morgan fingerprint density at radius 2 is 0.958 bits per heavy atom. The van der Waals surface area contributed by atoms with Gasteiger partial charge >= 0.3 is 0 Å². The zero-order valence-corrected chi connectivity index (χ0v) is 13.5. The summed E-state index contributed by atoms with van der Waals surface area (Å²) in [7, 11) is 0. The van der Waals surface area contributed by atoms with Crippen LogP contribution in [0.4, 0.5) is 0 Å². The normalized spacial score (nSPS) is 10.4. The van der Waals surface area contributed by atoms with Crippen molar-refractivity contribution in [2.24, 2.45) is 0 Å². The van der Waals surface area contributed by atoms with Gasteiger partial charge in [0.25, 0.3) is 0 Å². The molecule has 0 bridgehead atoms. The van der Waals surface area contributed by atoms with Crippen molar-refractivity contribution in [1.82, 2.24) is 20.4 Å². The van der Waals surface area contributed by atoms with Crippen LogP contribution in [0.1, 0.15) is 32.4 Å². The van der Waals surface area contributed by atoms with E-state index >= 15 is 0 Å². The van der Waals surface area contributed by atoms with Crippen LogP contribution in [0.25, 0.3) is 0 Å². The number of carbonyl (C=O) groups excluding carboxylic acids is 2. The third-order valence-electron chi connectivity index (χ3n) is 3.12. The van der Waals surface area contributed by atoms with E-state index in [0.29, 0.717) is 0 Å². The first kappa shape index (κ1) is 16.2. The molecule has 0 radical (unpaired) electrons. The number of benzene rings is 2. The van der Waals surface area contributed by atoms with E-state index < -0.39 is 11.6 Å². The van der Waals surface area contributed by atoms with Gasteiger partial charge in [-0.2, -0.15) is 0 Å². The van der Waals surface area contributed by atoms with Crippen molar-refractivity contribution < 1.29 is 9.59 Å². The molecule has 0 amide bonds. The van der Waals surface area contributed by atoms with E-state index in [0.717, 1.165) is 0 Å². The average molecular weight is 359 g/mol. The monoisotopic (exact) mass is 358 g/mol. The lowest BCUT2D eigenvalue weighted by molar-refractivity contribution is 0.100. The first-order valence-corrected chi connectivity index (χ1v) is 7.49. The summed E-state index contributed by atoms with van der Waals surface area (Å²) in [5.74, 6) is -1.56. The average Bonchev–Trinajstić information content (AvgIpc) is 2.61. The maximum Gasteiger partial charge on any atom is 0.244 e. The molecule has 0 saturated carbocycles. The lowest BCUT2D eigenvalue weighted by Crippen LogP contribution is -2.16. The van der Waals surface area contributed by atoms with E-state index in [9.17, 15) is 9.59 Å². The Morgan fingerprint density at radius 1 is 0.625 bits per heavy atom. The highest BCUT2D eigenvalue weighted by atomic mass is 35.5. The largest absolute Gasteiger partial charge is 0.285 e. The molecule has 3 aromatic rings. The minimum atomic E-state index is -0.530. The SMILES string of the molecule is O=C(c1nnc(C(=O)c2ccccc2Cl)nn1)c1ccccc1Cl. The zero-order valence-electron chi connectivity index (χ0n) is 12.0. The molecule has 0 aliphatic rings. The highest BCUT2D eigenvalue weighted by molar-refractivity contribution is 6.35. The summed E-state index contributed by atoms with van der Waals surface area (Å²) >= 11 is 11.9. The van der Waals surface area contributed by atoms with Crippen LogP contribution in [0.3, 0.4) is 0 Å². The number of ketones is 2. The molecule has 1 aromatic heterocycles. The third kappa shape index (κ3) is 3.15. The molecule has 1 heterocycles. The summed E-state index contributed by atoms with van der Waals surface area (Å²) in [6, 6.07) is 12.9. The van der Waals surface area contributed by atoms with Crippen LogP contribution in [0, 0.1) is 0 Å². The van der Waals surface area contributed by atoms with Gasteiger partial charge in [0.15, 0.2) is 0 Å². The molecule has 24 heavy (non-hydrogen) atoms. The number of halogens is 2. The topological polar surface area (TPSA) is 85.7 Å². The van der Waals surface area contributed by atoms with E-state index in [-0.39, 0.29) is 32.8 Å². The van der Waals surface area contributed by atoms with Crippen molar-refractivity contribution in [3.05, 3.63) is 81.4 Å². The van der Waals surface area contributed by atoms with Gasteiger partial charge in [-0.1, -0.05) is 47.5 Å². The Hall–Kier alpha value is -2.70. The Kier molecular flexibility index (Phi) is 4.59. The summed E-state index contributed by atoms with van der Waals surface area (Å²) < 4.78 is 0. The molecule has 0 spiro atoms. The van der Waals surface area contributed by atoms with Crippen molar-refractivity contribution in [1.29, 1.82) is 0 Å². The van der Waals surface area contributed by atoms with E-state index in [4.69, 9.17) is 23.2 Å². The van der Waals surface area contributed by atoms with Crippen LogP contribution in [-0.4, -0.2) is 32.0 Å². The molecule has 3 rings (SSSR count). The highest BCUT2D eigenvalue weighted by Gasteiger charge is 2.20. The Morgan fingerprint density at radius 3 is 1.29 bits per heavy atom. The fraction of sp³-hybridized carbons (Fsp3) is 0. The molecule has 0 aliphatic carbocycles. The van der Waals surface area contributed by atoms with Gasteiger partial charge in [-0.15, -0.1) is 20.4 Å². The number of carbonyl (C=O) groups is 2.